The first kappa shape index (κ1) is 19.5. The molecule has 0 N–H and O–H groups in total. The van der Waals surface area contributed by atoms with Crippen LogP contribution in [-0.4, -0.2) is 19.8 Å². The van der Waals surface area contributed by atoms with E-state index in [1.54, 1.807) is 0 Å². The number of anilines is 2. The highest BCUT2D eigenvalue weighted by Crippen LogP contribution is 2.31. The number of aryl methyl sites for hydroxylation is 2. The first-order valence-corrected chi connectivity index (χ1v) is 11.0. The van der Waals surface area contributed by atoms with Crippen LogP contribution >= 0.6 is 0 Å². The van der Waals surface area contributed by atoms with Gasteiger partial charge in [-0.2, -0.15) is 0 Å². The van der Waals surface area contributed by atoms with Gasteiger partial charge in [-0.15, -0.1) is 0 Å². The number of rotatable bonds is 10. The van der Waals surface area contributed by atoms with Crippen molar-refractivity contribution in [2.75, 3.05) is 18.6 Å². The Hall–Kier alpha value is -1.84. The number of hydrogen-bond donors (Lipinski definition) is 0. The molecule has 0 amide bonds. The molecular weight excluding hydrogens is 346 g/mol. The predicted molar refractivity (Wildman–Crippen MR) is 115 cm³/mol. The van der Waals surface area contributed by atoms with Gasteiger partial charge in [-0.05, 0) is 73.4 Å². The molecule has 1 aliphatic heterocycles. The molecule has 1 saturated heterocycles. The molecule has 2 fully saturated rings. The normalized spacial score (nSPS) is 19.1. The van der Waals surface area contributed by atoms with Crippen molar-refractivity contribution in [1.29, 1.82) is 0 Å². The molecule has 0 aromatic heterocycles. The van der Waals surface area contributed by atoms with Crippen LogP contribution in [0.1, 0.15) is 56.1 Å². The van der Waals surface area contributed by atoms with E-state index in [9.17, 15) is 0 Å². The Bertz CT molecular complexity index is 654. The van der Waals surface area contributed by atoms with Crippen LogP contribution in [0.4, 0.5) is 11.4 Å². The minimum Gasteiger partial charge on any atom is -0.345 e. The lowest BCUT2D eigenvalue weighted by Gasteiger charge is -2.25. The summed E-state index contributed by atoms with van der Waals surface area (Å²) in [7, 11) is 2.15. The van der Waals surface area contributed by atoms with Crippen LogP contribution in [0.25, 0.3) is 0 Å². The molecular formula is C25H33NO2. The van der Waals surface area contributed by atoms with E-state index in [0.29, 0.717) is 6.10 Å². The van der Waals surface area contributed by atoms with Gasteiger partial charge >= 0.3 is 0 Å². The van der Waals surface area contributed by atoms with E-state index >= 15 is 0 Å². The zero-order chi connectivity index (χ0) is 19.2. The molecule has 150 valence electrons. The summed E-state index contributed by atoms with van der Waals surface area (Å²) < 4.78 is 0. The van der Waals surface area contributed by atoms with Crippen molar-refractivity contribution >= 4 is 11.4 Å². The summed E-state index contributed by atoms with van der Waals surface area (Å²) in [5.41, 5.74) is 5.33. The molecule has 1 aliphatic carbocycles. The molecule has 4 rings (SSSR count). The van der Waals surface area contributed by atoms with Gasteiger partial charge in [0.25, 0.3) is 0 Å². The third-order valence-corrected chi connectivity index (χ3v) is 6.40. The summed E-state index contributed by atoms with van der Waals surface area (Å²) in [6.07, 6.45) is 12.0. The second-order valence-corrected chi connectivity index (χ2v) is 8.48. The van der Waals surface area contributed by atoms with Crippen molar-refractivity contribution < 1.29 is 9.78 Å². The molecule has 2 aromatic rings. The van der Waals surface area contributed by atoms with Crippen LogP contribution in [0.15, 0.2) is 48.5 Å². The lowest BCUT2D eigenvalue weighted by Crippen LogP contribution is -2.30. The fourth-order valence-corrected chi connectivity index (χ4v) is 4.13. The standard InChI is InChI=1S/C25H33NO2/c1-26(23-15-11-21(12-16-23)8-3-7-20-5-2-6-20)24-17-13-22(14-18-24)9-4-10-25-19-27-28-25/h11-18,20,25H,2-10,19H2,1H3. The first-order valence-electron chi connectivity index (χ1n) is 11.0. The Morgan fingerprint density at radius 2 is 1.36 bits per heavy atom. The average molecular weight is 380 g/mol. The van der Waals surface area contributed by atoms with E-state index in [4.69, 9.17) is 9.78 Å². The molecule has 1 atom stereocenters. The minimum atomic E-state index is 0.312. The van der Waals surface area contributed by atoms with Crippen LogP contribution in [0, 0.1) is 5.92 Å². The zero-order valence-corrected chi connectivity index (χ0v) is 17.1. The topological polar surface area (TPSA) is 21.7 Å². The molecule has 0 radical (unpaired) electrons. The summed E-state index contributed by atoms with van der Waals surface area (Å²) in [4.78, 5) is 12.0. The lowest BCUT2D eigenvalue weighted by molar-refractivity contribution is -0.425. The second kappa shape index (κ2) is 9.58. The molecule has 2 aromatic carbocycles. The average Bonchev–Trinajstić information content (AvgIpc) is 2.66. The van der Waals surface area contributed by atoms with Gasteiger partial charge in [0.1, 0.15) is 12.7 Å². The molecule has 0 bridgehead atoms. The van der Waals surface area contributed by atoms with Crippen molar-refractivity contribution in [3.63, 3.8) is 0 Å². The summed E-state index contributed by atoms with van der Waals surface area (Å²) in [6.45, 7) is 0.753. The van der Waals surface area contributed by atoms with E-state index < -0.39 is 0 Å². The maximum Gasteiger partial charge on any atom is 0.119 e. The number of nitrogens with zero attached hydrogens (tertiary/aromatic N) is 1. The van der Waals surface area contributed by atoms with Crippen LogP contribution in [-0.2, 0) is 22.6 Å². The molecule has 1 unspecified atom stereocenters. The maximum absolute atomic E-state index is 5.01. The smallest absolute Gasteiger partial charge is 0.119 e. The summed E-state index contributed by atoms with van der Waals surface area (Å²) >= 11 is 0. The van der Waals surface area contributed by atoms with Crippen molar-refractivity contribution in [2.45, 2.75) is 63.9 Å². The van der Waals surface area contributed by atoms with Gasteiger partial charge in [-0.1, -0.05) is 49.9 Å². The minimum absolute atomic E-state index is 0.312. The van der Waals surface area contributed by atoms with Crippen LogP contribution in [0.5, 0.6) is 0 Å². The highest BCUT2D eigenvalue weighted by molar-refractivity contribution is 5.62. The largest absolute Gasteiger partial charge is 0.345 e. The molecule has 1 heterocycles. The van der Waals surface area contributed by atoms with Crippen LogP contribution in [0.2, 0.25) is 0 Å². The van der Waals surface area contributed by atoms with E-state index in [1.165, 1.54) is 61.0 Å². The summed E-state index contributed by atoms with van der Waals surface area (Å²) in [6, 6.07) is 18.1. The Kier molecular flexibility index (Phi) is 6.66. The number of hydrogen-bond acceptors (Lipinski definition) is 3. The molecule has 3 heteroatoms. The predicted octanol–water partition coefficient (Wildman–Crippen LogP) is 6.23. The van der Waals surface area contributed by atoms with Gasteiger partial charge in [0.15, 0.2) is 0 Å². The second-order valence-electron chi connectivity index (χ2n) is 8.48. The van der Waals surface area contributed by atoms with Crippen LogP contribution in [0.3, 0.4) is 0 Å². The molecule has 3 nitrogen and oxygen atoms in total. The van der Waals surface area contributed by atoms with Crippen molar-refractivity contribution in [2.24, 2.45) is 5.92 Å². The van der Waals surface area contributed by atoms with E-state index in [0.717, 1.165) is 31.8 Å². The molecule has 0 spiro atoms. The molecule has 28 heavy (non-hydrogen) atoms. The fourth-order valence-electron chi connectivity index (χ4n) is 4.13. The van der Waals surface area contributed by atoms with Crippen molar-refractivity contribution in [1.82, 2.24) is 0 Å². The fraction of sp³-hybridized carbons (Fsp3) is 0.520. The van der Waals surface area contributed by atoms with Gasteiger partial charge < -0.3 is 4.90 Å². The van der Waals surface area contributed by atoms with Gasteiger partial charge in [-0.25, -0.2) is 9.78 Å². The maximum atomic E-state index is 5.01. The third kappa shape index (κ3) is 5.15. The Morgan fingerprint density at radius 1 is 0.821 bits per heavy atom. The highest BCUT2D eigenvalue weighted by atomic mass is 17.2. The molecule has 2 aliphatic rings. The van der Waals surface area contributed by atoms with Gasteiger partial charge in [-0.3, -0.25) is 0 Å². The van der Waals surface area contributed by atoms with E-state index in [-0.39, 0.29) is 0 Å². The third-order valence-electron chi connectivity index (χ3n) is 6.40. The summed E-state index contributed by atoms with van der Waals surface area (Å²) in [5.74, 6) is 1.02. The molecule has 1 saturated carbocycles. The zero-order valence-electron chi connectivity index (χ0n) is 17.1. The Labute approximate surface area is 169 Å². The van der Waals surface area contributed by atoms with E-state index in [2.05, 4.69) is 60.5 Å². The Morgan fingerprint density at radius 3 is 1.79 bits per heavy atom. The first-order chi connectivity index (χ1) is 13.8. The Balaban J connectivity index is 1.24. The summed E-state index contributed by atoms with van der Waals surface area (Å²) in [5, 5.41) is 0. The monoisotopic (exact) mass is 379 g/mol. The van der Waals surface area contributed by atoms with Crippen molar-refractivity contribution in [3.05, 3.63) is 59.7 Å². The van der Waals surface area contributed by atoms with Crippen LogP contribution < -0.4 is 4.90 Å². The van der Waals surface area contributed by atoms with E-state index in [1.807, 2.05) is 0 Å². The SMILES string of the molecule is CN(c1ccc(CCCC2CCC2)cc1)c1ccc(CCCC2COO2)cc1. The van der Waals surface area contributed by atoms with Crippen molar-refractivity contribution in [3.8, 4) is 0 Å². The van der Waals surface area contributed by atoms with Gasteiger partial charge in [0.2, 0.25) is 0 Å². The highest BCUT2D eigenvalue weighted by Gasteiger charge is 2.19. The quantitative estimate of drug-likeness (QED) is 0.457. The van der Waals surface area contributed by atoms with Gasteiger partial charge in [0.05, 0.1) is 0 Å². The van der Waals surface area contributed by atoms with Gasteiger partial charge in [0, 0.05) is 18.4 Å². The lowest BCUT2D eigenvalue weighted by atomic mass is 9.81. The number of benzene rings is 2.